The lowest BCUT2D eigenvalue weighted by Crippen LogP contribution is -2.15. The fraction of sp³-hybridized carbons (Fsp3) is 0.133. The monoisotopic (exact) mass is 397 g/mol. The minimum absolute atomic E-state index is 0.0985. The summed E-state index contributed by atoms with van der Waals surface area (Å²) in [6, 6.07) is 10.8. The van der Waals surface area contributed by atoms with Crippen LogP contribution < -0.4 is 4.72 Å². The fourth-order valence-electron chi connectivity index (χ4n) is 2.16. The molecule has 0 fully saturated rings. The van der Waals surface area contributed by atoms with Crippen molar-refractivity contribution in [1.29, 1.82) is 0 Å². The first kappa shape index (κ1) is 17.7. The van der Waals surface area contributed by atoms with Gasteiger partial charge in [0.25, 0.3) is 10.0 Å². The maximum atomic E-state index is 12.6. The van der Waals surface area contributed by atoms with Crippen molar-refractivity contribution in [1.82, 2.24) is 20.2 Å². The molecule has 0 aliphatic heterocycles. The topological polar surface area (TPSA) is 89.8 Å². The van der Waals surface area contributed by atoms with Crippen molar-refractivity contribution in [2.45, 2.75) is 18.4 Å². The van der Waals surface area contributed by atoms with Crippen LogP contribution in [0.3, 0.4) is 0 Å². The Labute approximate surface area is 154 Å². The number of rotatable bonds is 5. The van der Waals surface area contributed by atoms with Gasteiger partial charge in [-0.2, -0.15) is 0 Å². The number of tetrazole rings is 1. The molecule has 0 amide bonds. The van der Waals surface area contributed by atoms with E-state index in [9.17, 15) is 8.42 Å². The van der Waals surface area contributed by atoms with E-state index >= 15 is 0 Å². The lowest BCUT2D eigenvalue weighted by atomic mass is 10.2. The SMILES string of the molecule is Cc1nnnn1Cc1ccc(Cl)cc1NS(=O)(=O)c1ccc(Cl)cc1. The Balaban J connectivity index is 1.95. The average molecular weight is 398 g/mol. The maximum absolute atomic E-state index is 12.6. The van der Waals surface area contributed by atoms with E-state index in [1.54, 1.807) is 29.8 Å². The molecule has 0 bridgehead atoms. The van der Waals surface area contributed by atoms with Gasteiger partial charge in [-0.1, -0.05) is 29.3 Å². The zero-order chi connectivity index (χ0) is 18.0. The predicted octanol–water partition coefficient (Wildman–Crippen LogP) is 3.14. The molecule has 7 nitrogen and oxygen atoms in total. The van der Waals surface area contributed by atoms with E-state index < -0.39 is 10.0 Å². The second-order valence-electron chi connectivity index (χ2n) is 5.24. The summed E-state index contributed by atoms with van der Waals surface area (Å²) in [6.07, 6.45) is 0. The lowest BCUT2D eigenvalue weighted by Gasteiger charge is -2.13. The van der Waals surface area contributed by atoms with Crippen LogP contribution >= 0.6 is 23.2 Å². The van der Waals surface area contributed by atoms with E-state index in [2.05, 4.69) is 20.2 Å². The number of nitrogens with zero attached hydrogens (tertiary/aromatic N) is 4. The van der Waals surface area contributed by atoms with Gasteiger partial charge in [0, 0.05) is 10.0 Å². The van der Waals surface area contributed by atoms with Gasteiger partial charge in [0.1, 0.15) is 5.82 Å². The standard InChI is InChI=1S/C15H13Cl2N5O2S/c1-10-18-20-21-22(10)9-11-2-3-13(17)8-15(11)19-25(23,24)14-6-4-12(16)5-7-14/h2-8,19H,9H2,1H3. The molecule has 2 aromatic carbocycles. The summed E-state index contributed by atoms with van der Waals surface area (Å²) in [7, 11) is -3.79. The van der Waals surface area contributed by atoms with Crippen molar-refractivity contribution >= 4 is 38.9 Å². The number of aryl methyl sites for hydroxylation is 1. The Hall–Kier alpha value is -2.16. The summed E-state index contributed by atoms with van der Waals surface area (Å²) in [6.45, 7) is 2.06. The summed E-state index contributed by atoms with van der Waals surface area (Å²) in [4.78, 5) is 0.0985. The van der Waals surface area contributed by atoms with Crippen molar-refractivity contribution < 1.29 is 8.42 Å². The van der Waals surface area contributed by atoms with Crippen molar-refractivity contribution in [3.05, 3.63) is 63.9 Å². The lowest BCUT2D eigenvalue weighted by molar-refractivity contribution is 0.600. The van der Waals surface area contributed by atoms with E-state index in [1.807, 2.05) is 0 Å². The highest BCUT2D eigenvalue weighted by molar-refractivity contribution is 7.92. The van der Waals surface area contributed by atoms with E-state index in [0.717, 1.165) is 0 Å². The largest absolute Gasteiger partial charge is 0.279 e. The van der Waals surface area contributed by atoms with E-state index in [0.29, 0.717) is 33.7 Å². The van der Waals surface area contributed by atoms with Crippen LogP contribution in [0.25, 0.3) is 0 Å². The minimum atomic E-state index is -3.79. The Morgan fingerprint density at radius 3 is 2.40 bits per heavy atom. The summed E-state index contributed by atoms with van der Waals surface area (Å²) >= 11 is 11.8. The van der Waals surface area contributed by atoms with Crippen molar-refractivity contribution in [3.8, 4) is 0 Å². The normalized spacial score (nSPS) is 11.5. The van der Waals surface area contributed by atoms with Gasteiger partial charge in [0.05, 0.1) is 17.1 Å². The number of benzene rings is 2. The summed E-state index contributed by atoms with van der Waals surface area (Å²) in [5.74, 6) is 0.612. The fourth-order valence-corrected chi connectivity index (χ4v) is 3.55. The molecule has 0 aliphatic carbocycles. The predicted molar refractivity (Wildman–Crippen MR) is 95.4 cm³/mol. The number of hydrogen-bond donors (Lipinski definition) is 1. The van der Waals surface area contributed by atoms with Crippen LogP contribution in [0.4, 0.5) is 5.69 Å². The molecule has 0 unspecified atom stereocenters. The van der Waals surface area contributed by atoms with Gasteiger partial charge in [-0.05, 0) is 59.3 Å². The molecule has 0 aliphatic rings. The second kappa shape index (κ2) is 6.99. The first-order valence-electron chi connectivity index (χ1n) is 7.15. The zero-order valence-electron chi connectivity index (χ0n) is 13.0. The van der Waals surface area contributed by atoms with E-state index in [-0.39, 0.29) is 4.90 Å². The van der Waals surface area contributed by atoms with Crippen LogP contribution in [0.15, 0.2) is 47.4 Å². The summed E-state index contributed by atoms with van der Waals surface area (Å²) < 4.78 is 29.3. The third kappa shape index (κ3) is 4.09. The number of anilines is 1. The van der Waals surface area contributed by atoms with Gasteiger partial charge in [-0.15, -0.1) is 5.10 Å². The molecule has 3 rings (SSSR count). The van der Waals surface area contributed by atoms with Gasteiger partial charge in [0.15, 0.2) is 0 Å². The van der Waals surface area contributed by atoms with Gasteiger partial charge in [-0.25, -0.2) is 13.1 Å². The second-order valence-corrected chi connectivity index (χ2v) is 7.80. The van der Waals surface area contributed by atoms with Crippen LogP contribution in [-0.4, -0.2) is 28.6 Å². The molecule has 1 N–H and O–H groups in total. The Bertz CT molecular complexity index is 1000. The molecule has 0 saturated heterocycles. The third-order valence-corrected chi connectivity index (χ3v) is 5.34. The molecule has 0 atom stereocenters. The zero-order valence-corrected chi connectivity index (χ0v) is 15.3. The molecule has 1 heterocycles. The Morgan fingerprint density at radius 1 is 1.08 bits per heavy atom. The maximum Gasteiger partial charge on any atom is 0.261 e. The molecule has 130 valence electrons. The molecule has 1 aromatic heterocycles. The molecule has 10 heteroatoms. The molecule has 0 radical (unpaired) electrons. The molecule has 0 spiro atoms. The highest BCUT2D eigenvalue weighted by Gasteiger charge is 2.17. The van der Waals surface area contributed by atoms with Crippen molar-refractivity contribution in [2.24, 2.45) is 0 Å². The van der Waals surface area contributed by atoms with Gasteiger partial charge in [-0.3, -0.25) is 4.72 Å². The quantitative estimate of drug-likeness (QED) is 0.713. The summed E-state index contributed by atoms with van der Waals surface area (Å²) in [5.41, 5.74) is 1.04. The Kier molecular flexibility index (Phi) is 4.94. The molecule has 3 aromatic rings. The third-order valence-electron chi connectivity index (χ3n) is 3.47. The van der Waals surface area contributed by atoms with Gasteiger partial charge in [0.2, 0.25) is 0 Å². The van der Waals surface area contributed by atoms with E-state index in [1.165, 1.54) is 24.3 Å². The van der Waals surface area contributed by atoms with Crippen LogP contribution in [0.1, 0.15) is 11.4 Å². The smallest absolute Gasteiger partial charge is 0.261 e. The van der Waals surface area contributed by atoms with Crippen LogP contribution in [0.2, 0.25) is 10.0 Å². The average Bonchev–Trinajstić information content (AvgIpc) is 2.95. The molecule has 0 saturated carbocycles. The highest BCUT2D eigenvalue weighted by Crippen LogP contribution is 2.25. The van der Waals surface area contributed by atoms with Gasteiger partial charge < -0.3 is 0 Å². The minimum Gasteiger partial charge on any atom is -0.279 e. The van der Waals surface area contributed by atoms with Gasteiger partial charge >= 0.3 is 0 Å². The van der Waals surface area contributed by atoms with Crippen molar-refractivity contribution in [3.63, 3.8) is 0 Å². The van der Waals surface area contributed by atoms with Crippen molar-refractivity contribution in [2.75, 3.05) is 4.72 Å². The van der Waals surface area contributed by atoms with Crippen LogP contribution in [0, 0.1) is 6.92 Å². The number of sulfonamides is 1. The Morgan fingerprint density at radius 2 is 1.76 bits per heavy atom. The first-order chi connectivity index (χ1) is 11.8. The number of nitrogens with one attached hydrogen (secondary N) is 1. The first-order valence-corrected chi connectivity index (χ1v) is 9.39. The molecule has 25 heavy (non-hydrogen) atoms. The molecular formula is C15H13Cl2N5O2S. The van der Waals surface area contributed by atoms with E-state index in [4.69, 9.17) is 23.2 Å². The summed E-state index contributed by atoms with van der Waals surface area (Å²) in [5, 5.41) is 12.1. The van der Waals surface area contributed by atoms with Crippen LogP contribution in [0.5, 0.6) is 0 Å². The highest BCUT2D eigenvalue weighted by atomic mass is 35.5. The number of hydrogen-bond acceptors (Lipinski definition) is 5. The molecular weight excluding hydrogens is 385 g/mol. The number of halogens is 2. The number of aromatic nitrogens is 4. The van der Waals surface area contributed by atoms with Crippen LogP contribution in [-0.2, 0) is 16.6 Å².